The molecular weight excluding hydrogens is 399 g/mol. The molecule has 0 saturated carbocycles. The van der Waals surface area contributed by atoms with Gasteiger partial charge in [0.1, 0.15) is 12.0 Å². The van der Waals surface area contributed by atoms with Crippen LogP contribution in [0.25, 0.3) is 0 Å². The molecule has 0 bridgehead atoms. The Hall–Kier alpha value is -2.35. The lowest BCUT2D eigenvalue weighted by Gasteiger charge is -2.06. The minimum absolute atomic E-state index is 0.0938. The Bertz CT molecular complexity index is 996. The highest BCUT2D eigenvalue weighted by Crippen LogP contribution is 2.23. The summed E-state index contributed by atoms with van der Waals surface area (Å²) >= 11 is 13.0. The number of carbonyl (C=O) groups excluding carboxylic acids is 1. The fourth-order valence-corrected chi connectivity index (χ4v) is 3.07. The van der Waals surface area contributed by atoms with Gasteiger partial charge in [-0.3, -0.25) is 4.79 Å². The van der Waals surface area contributed by atoms with E-state index >= 15 is 0 Å². The number of nitrogens with zero attached hydrogens (tertiary/aromatic N) is 2. The normalized spacial score (nSPS) is 10.5. The SMILES string of the molecule is O=C(Oc1coc(CSc2ncccn2)cc1=O)c1ccc(Cl)cc1Cl. The second-order valence-electron chi connectivity index (χ2n) is 4.91. The van der Waals surface area contributed by atoms with Crippen LogP contribution in [0.1, 0.15) is 16.1 Å². The first-order valence-electron chi connectivity index (χ1n) is 7.21. The van der Waals surface area contributed by atoms with E-state index in [0.29, 0.717) is 21.7 Å². The van der Waals surface area contributed by atoms with Crippen LogP contribution in [0.3, 0.4) is 0 Å². The Morgan fingerprint density at radius 1 is 1.19 bits per heavy atom. The van der Waals surface area contributed by atoms with E-state index in [1.807, 2.05) is 0 Å². The van der Waals surface area contributed by atoms with E-state index < -0.39 is 11.4 Å². The summed E-state index contributed by atoms with van der Waals surface area (Å²) in [5.74, 6) is -0.252. The number of aromatic nitrogens is 2. The van der Waals surface area contributed by atoms with Crippen LogP contribution in [0.4, 0.5) is 0 Å². The average molecular weight is 409 g/mol. The van der Waals surface area contributed by atoms with E-state index in [1.54, 1.807) is 18.5 Å². The molecule has 0 aliphatic rings. The molecule has 0 amide bonds. The van der Waals surface area contributed by atoms with Gasteiger partial charge in [-0.15, -0.1) is 0 Å². The Morgan fingerprint density at radius 2 is 1.96 bits per heavy atom. The molecule has 0 aliphatic carbocycles. The molecule has 2 aromatic heterocycles. The number of rotatable bonds is 5. The van der Waals surface area contributed by atoms with Crippen LogP contribution in [0.5, 0.6) is 5.75 Å². The highest BCUT2D eigenvalue weighted by Gasteiger charge is 2.16. The highest BCUT2D eigenvalue weighted by molar-refractivity contribution is 7.98. The van der Waals surface area contributed by atoms with Gasteiger partial charge in [0, 0.05) is 23.5 Å². The Kier molecular flexibility index (Phi) is 5.92. The molecule has 0 N–H and O–H groups in total. The molecule has 0 unspecified atom stereocenters. The maximum atomic E-state index is 12.1. The quantitative estimate of drug-likeness (QED) is 0.354. The second kappa shape index (κ2) is 8.35. The maximum absolute atomic E-state index is 12.1. The third-order valence-electron chi connectivity index (χ3n) is 3.09. The van der Waals surface area contributed by atoms with Crippen LogP contribution in [0.2, 0.25) is 10.0 Å². The largest absolute Gasteiger partial charge is 0.464 e. The molecule has 3 aromatic rings. The van der Waals surface area contributed by atoms with Gasteiger partial charge in [-0.1, -0.05) is 35.0 Å². The lowest BCUT2D eigenvalue weighted by molar-refractivity contribution is 0.0729. The van der Waals surface area contributed by atoms with Gasteiger partial charge in [0.25, 0.3) is 0 Å². The third kappa shape index (κ3) is 4.63. The number of thioether (sulfide) groups is 1. The molecule has 0 fully saturated rings. The third-order valence-corrected chi connectivity index (χ3v) is 4.54. The van der Waals surface area contributed by atoms with Crippen molar-refractivity contribution in [2.24, 2.45) is 0 Å². The topological polar surface area (TPSA) is 82.3 Å². The number of esters is 1. The minimum atomic E-state index is -0.779. The molecule has 26 heavy (non-hydrogen) atoms. The van der Waals surface area contributed by atoms with Crippen LogP contribution in [0, 0.1) is 0 Å². The van der Waals surface area contributed by atoms with Crippen LogP contribution in [-0.2, 0) is 5.75 Å². The Labute approximate surface area is 162 Å². The Morgan fingerprint density at radius 3 is 2.65 bits per heavy atom. The van der Waals surface area contributed by atoms with E-state index in [2.05, 4.69) is 9.97 Å². The number of hydrogen-bond acceptors (Lipinski definition) is 7. The van der Waals surface area contributed by atoms with Gasteiger partial charge in [0.05, 0.1) is 16.3 Å². The van der Waals surface area contributed by atoms with Crippen molar-refractivity contribution in [2.45, 2.75) is 10.9 Å². The summed E-state index contributed by atoms with van der Waals surface area (Å²) in [4.78, 5) is 32.4. The Balaban J connectivity index is 1.69. The van der Waals surface area contributed by atoms with Crippen molar-refractivity contribution in [3.8, 4) is 5.75 Å². The summed E-state index contributed by atoms with van der Waals surface area (Å²) in [5.41, 5.74) is -0.393. The first-order chi connectivity index (χ1) is 12.5. The maximum Gasteiger partial charge on any atom is 0.345 e. The number of halogens is 2. The van der Waals surface area contributed by atoms with Crippen molar-refractivity contribution in [3.63, 3.8) is 0 Å². The summed E-state index contributed by atoms with van der Waals surface area (Å²) in [6, 6.07) is 7.29. The van der Waals surface area contributed by atoms with Gasteiger partial charge >= 0.3 is 5.97 Å². The van der Waals surface area contributed by atoms with E-state index in [1.165, 1.54) is 36.0 Å². The van der Waals surface area contributed by atoms with E-state index in [-0.39, 0.29) is 16.3 Å². The first-order valence-corrected chi connectivity index (χ1v) is 8.96. The molecule has 3 rings (SSSR count). The lowest BCUT2D eigenvalue weighted by atomic mass is 10.2. The summed E-state index contributed by atoms with van der Waals surface area (Å²) in [6.45, 7) is 0. The second-order valence-corrected chi connectivity index (χ2v) is 6.69. The van der Waals surface area contributed by atoms with E-state index in [0.717, 1.165) is 6.26 Å². The van der Waals surface area contributed by atoms with Crippen LogP contribution >= 0.6 is 35.0 Å². The smallest absolute Gasteiger partial charge is 0.345 e. The molecular formula is C17H10Cl2N2O4S. The first kappa shape index (κ1) is 18.4. The number of ether oxygens (including phenoxy) is 1. The number of carbonyl (C=O) groups is 1. The zero-order chi connectivity index (χ0) is 18.5. The molecule has 132 valence electrons. The molecule has 6 nitrogen and oxygen atoms in total. The fraction of sp³-hybridized carbons (Fsp3) is 0.0588. The van der Waals surface area contributed by atoms with Gasteiger partial charge in [-0.05, 0) is 24.3 Å². The summed E-state index contributed by atoms with van der Waals surface area (Å²) in [5, 5.41) is 1.07. The van der Waals surface area contributed by atoms with Crippen molar-refractivity contribution in [1.29, 1.82) is 0 Å². The van der Waals surface area contributed by atoms with Gasteiger partial charge in [0.2, 0.25) is 11.2 Å². The highest BCUT2D eigenvalue weighted by atomic mass is 35.5. The molecule has 0 atom stereocenters. The fourth-order valence-electron chi connectivity index (χ4n) is 1.89. The van der Waals surface area contributed by atoms with E-state index in [9.17, 15) is 9.59 Å². The number of benzene rings is 1. The standard InChI is InChI=1S/C17H10Cl2N2O4S/c18-10-2-3-12(13(19)6-10)16(23)25-15-8-24-11(7-14(15)22)9-26-17-20-4-1-5-21-17/h1-8H,9H2. The zero-order valence-electron chi connectivity index (χ0n) is 13.0. The monoisotopic (exact) mass is 408 g/mol. The van der Waals surface area contributed by atoms with Crippen molar-refractivity contribution >= 4 is 40.9 Å². The van der Waals surface area contributed by atoms with Crippen LogP contribution < -0.4 is 10.2 Å². The molecule has 0 radical (unpaired) electrons. The number of hydrogen-bond donors (Lipinski definition) is 0. The average Bonchev–Trinajstić information content (AvgIpc) is 2.63. The predicted octanol–water partition coefficient (Wildman–Crippen LogP) is 4.25. The van der Waals surface area contributed by atoms with Crippen LogP contribution in [0.15, 0.2) is 63.4 Å². The molecule has 9 heteroatoms. The lowest BCUT2D eigenvalue weighted by Crippen LogP contribution is -2.15. The summed E-state index contributed by atoms with van der Waals surface area (Å²) in [7, 11) is 0. The molecule has 0 aliphatic heterocycles. The summed E-state index contributed by atoms with van der Waals surface area (Å²) < 4.78 is 10.4. The van der Waals surface area contributed by atoms with Crippen molar-refractivity contribution in [2.75, 3.05) is 0 Å². The summed E-state index contributed by atoms with van der Waals surface area (Å²) in [6.07, 6.45) is 4.33. The molecule has 1 aromatic carbocycles. The van der Waals surface area contributed by atoms with Gasteiger partial charge in [0.15, 0.2) is 5.16 Å². The molecule has 0 saturated heterocycles. The predicted molar refractivity (Wildman–Crippen MR) is 98.0 cm³/mol. The molecule has 2 heterocycles. The van der Waals surface area contributed by atoms with E-state index in [4.69, 9.17) is 32.4 Å². The van der Waals surface area contributed by atoms with Gasteiger partial charge in [-0.25, -0.2) is 14.8 Å². The molecule has 0 spiro atoms. The van der Waals surface area contributed by atoms with Gasteiger partial charge < -0.3 is 9.15 Å². The van der Waals surface area contributed by atoms with Crippen molar-refractivity contribution in [3.05, 3.63) is 80.6 Å². The van der Waals surface area contributed by atoms with Crippen molar-refractivity contribution in [1.82, 2.24) is 9.97 Å². The minimum Gasteiger partial charge on any atom is -0.464 e. The van der Waals surface area contributed by atoms with Crippen molar-refractivity contribution < 1.29 is 13.9 Å². The van der Waals surface area contributed by atoms with Crippen LogP contribution in [-0.4, -0.2) is 15.9 Å². The van der Waals surface area contributed by atoms with Gasteiger partial charge in [-0.2, -0.15) is 0 Å². The zero-order valence-corrected chi connectivity index (χ0v) is 15.3.